The predicted molar refractivity (Wildman–Crippen MR) is 93.3 cm³/mol. The molecule has 2 aromatic heterocycles. The van der Waals surface area contributed by atoms with Crippen molar-refractivity contribution >= 4 is 23.1 Å². The second-order valence-corrected chi connectivity index (χ2v) is 5.68. The summed E-state index contributed by atoms with van der Waals surface area (Å²) in [6.07, 6.45) is 6.14. The molecule has 0 aliphatic rings. The molecule has 1 N–H and O–H groups in total. The van der Waals surface area contributed by atoms with E-state index in [4.69, 9.17) is 21.7 Å². The number of hydrogen-bond donors (Lipinski definition) is 1. The van der Waals surface area contributed by atoms with Gasteiger partial charge in [0.15, 0.2) is 16.3 Å². The van der Waals surface area contributed by atoms with Crippen LogP contribution in [0.25, 0.3) is 10.9 Å². The number of aryl methyl sites for hydroxylation is 1. The van der Waals surface area contributed by atoms with Crippen LogP contribution in [-0.4, -0.2) is 33.3 Å². The Morgan fingerprint density at radius 1 is 1.21 bits per heavy atom. The third-order valence-electron chi connectivity index (χ3n) is 3.84. The lowest BCUT2D eigenvalue weighted by atomic mass is 10.2. The first kappa shape index (κ1) is 16.3. The van der Waals surface area contributed by atoms with Crippen LogP contribution in [0, 0.1) is 4.77 Å². The molecule has 7 nitrogen and oxygen atoms in total. The van der Waals surface area contributed by atoms with E-state index in [0.29, 0.717) is 33.7 Å². The molecule has 0 spiro atoms. The molecule has 0 aliphatic heterocycles. The summed E-state index contributed by atoms with van der Waals surface area (Å²) in [5.41, 5.74) is 0.494. The molecule has 3 rings (SSSR count). The van der Waals surface area contributed by atoms with Crippen molar-refractivity contribution in [2.24, 2.45) is 0 Å². The number of nitrogens with zero attached hydrogens (tertiary/aromatic N) is 3. The van der Waals surface area contributed by atoms with Crippen molar-refractivity contribution in [3.63, 3.8) is 0 Å². The van der Waals surface area contributed by atoms with Crippen LogP contribution in [-0.2, 0) is 13.1 Å². The van der Waals surface area contributed by atoms with Crippen molar-refractivity contribution in [3.05, 3.63) is 46.0 Å². The lowest BCUT2D eigenvalue weighted by molar-refractivity contribution is 0.355. The number of hydrogen-bond acceptors (Lipinski definition) is 5. The highest BCUT2D eigenvalue weighted by molar-refractivity contribution is 7.71. The van der Waals surface area contributed by atoms with E-state index in [2.05, 4.69) is 9.97 Å². The van der Waals surface area contributed by atoms with E-state index in [1.165, 1.54) is 0 Å². The third-order valence-corrected chi connectivity index (χ3v) is 4.17. The second kappa shape index (κ2) is 6.88. The van der Waals surface area contributed by atoms with Crippen molar-refractivity contribution in [2.45, 2.75) is 19.5 Å². The zero-order valence-electron chi connectivity index (χ0n) is 13.5. The molecule has 0 unspecified atom stereocenters. The van der Waals surface area contributed by atoms with E-state index >= 15 is 0 Å². The van der Waals surface area contributed by atoms with Gasteiger partial charge in [0.25, 0.3) is 5.56 Å². The number of aromatic amines is 1. The van der Waals surface area contributed by atoms with Gasteiger partial charge in [0, 0.05) is 31.5 Å². The summed E-state index contributed by atoms with van der Waals surface area (Å²) in [6.45, 7) is 1.29. The third kappa shape index (κ3) is 3.05. The zero-order valence-corrected chi connectivity index (χ0v) is 14.3. The molecule has 2 heterocycles. The number of rotatable bonds is 6. The van der Waals surface area contributed by atoms with Gasteiger partial charge in [-0.2, -0.15) is 0 Å². The van der Waals surface area contributed by atoms with E-state index in [-0.39, 0.29) is 5.56 Å². The molecule has 126 valence electrons. The van der Waals surface area contributed by atoms with Crippen LogP contribution in [0.2, 0.25) is 0 Å². The number of aromatic nitrogens is 4. The number of imidazole rings is 1. The summed E-state index contributed by atoms with van der Waals surface area (Å²) in [6, 6.07) is 3.40. The van der Waals surface area contributed by atoms with Gasteiger partial charge in [0.05, 0.1) is 31.4 Å². The summed E-state index contributed by atoms with van der Waals surface area (Å²) < 4.78 is 14.5. The van der Waals surface area contributed by atoms with Crippen LogP contribution in [0.1, 0.15) is 6.42 Å². The van der Waals surface area contributed by atoms with Crippen LogP contribution < -0.4 is 15.0 Å². The topological polar surface area (TPSA) is 74.1 Å². The average molecular weight is 346 g/mol. The molecule has 0 amide bonds. The standard InChI is InChI=1S/C16H18N4O3S/c1-22-13-8-11-12(9-14(13)23-2)18-16(24)20(15(11)21)6-3-5-19-7-4-17-10-19/h4,7-10H,3,5-6H2,1-2H3,(H,18,24). The normalized spacial score (nSPS) is 10.9. The number of methoxy groups -OCH3 is 2. The quantitative estimate of drug-likeness (QED) is 0.694. The predicted octanol–water partition coefficient (Wildman–Crippen LogP) is 2.36. The maximum Gasteiger partial charge on any atom is 0.262 e. The molecule has 0 radical (unpaired) electrons. The van der Waals surface area contributed by atoms with Gasteiger partial charge in [-0.1, -0.05) is 0 Å². The summed E-state index contributed by atoms with van der Waals surface area (Å²) in [5, 5.41) is 0.517. The van der Waals surface area contributed by atoms with Crippen molar-refractivity contribution in [1.29, 1.82) is 0 Å². The highest BCUT2D eigenvalue weighted by Crippen LogP contribution is 2.29. The fourth-order valence-electron chi connectivity index (χ4n) is 2.61. The molecule has 8 heteroatoms. The molecule has 3 aromatic rings. The molecule has 0 aliphatic carbocycles. The second-order valence-electron chi connectivity index (χ2n) is 5.29. The van der Waals surface area contributed by atoms with Gasteiger partial charge in [0.2, 0.25) is 0 Å². The molecule has 24 heavy (non-hydrogen) atoms. The average Bonchev–Trinajstić information content (AvgIpc) is 3.10. The van der Waals surface area contributed by atoms with Gasteiger partial charge in [-0.25, -0.2) is 4.98 Å². The minimum atomic E-state index is -0.139. The van der Waals surface area contributed by atoms with Crippen molar-refractivity contribution in [1.82, 2.24) is 19.1 Å². The Kier molecular flexibility index (Phi) is 4.66. The summed E-state index contributed by atoms with van der Waals surface area (Å²) in [4.78, 5) is 19.9. The first-order valence-corrected chi connectivity index (χ1v) is 7.89. The molecule has 0 bridgehead atoms. The van der Waals surface area contributed by atoms with E-state index in [0.717, 1.165) is 13.0 Å². The summed E-state index contributed by atoms with van der Waals surface area (Å²) in [7, 11) is 3.09. The number of fused-ring (bicyclic) bond motifs is 1. The Hall–Kier alpha value is -2.61. The smallest absolute Gasteiger partial charge is 0.262 e. The maximum atomic E-state index is 12.8. The fourth-order valence-corrected chi connectivity index (χ4v) is 2.90. The van der Waals surface area contributed by atoms with Crippen LogP contribution in [0.4, 0.5) is 0 Å². The van der Waals surface area contributed by atoms with Crippen LogP contribution in [0.3, 0.4) is 0 Å². The number of ether oxygens (including phenoxy) is 2. The van der Waals surface area contributed by atoms with E-state index in [1.807, 2.05) is 10.8 Å². The first-order chi connectivity index (χ1) is 11.6. The monoisotopic (exact) mass is 346 g/mol. The Balaban J connectivity index is 1.96. The highest BCUT2D eigenvalue weighted by atomic mass is 32.1. The van der Waals surface area contributed by atoms with Gasteiger partial charge in [0.1, 0.15) is 0 Å². The van der Waals surface area contributed by atoms with Crippen molar-refractivity contribution < 1.29 is 9.47 Å². The number of nitrogens with one attached hydrogen (secondary N) is 1. The minimum Gasteiger partial charge on any atom is -0.493 e. The van der Waals surface area contributed by atoms with Crippen LogP contribution in [0.15, 0.2) is 35.6 Å². The molecule has 1 aromatic carbocycles. The summed E-state index contributed by atoms with van der Waals surface area (Å²) >= 11 is 5.34. The lowest BCUT2D eigenvalue weighted by Crippen LogP contribution is -2.23. The minimum absolute atomic E-state index is 0.139. The van der Waals surface area contributed by atoms with E-state index in [9.17, 15) is 4.79 Å². The Labute approximate surface area is 143 Å². The van der Waals surface area contributed by atoms with Crippen molar-refractivity contribution in [3.8, 4) is 11.5 Å². The van der Waals surface area contributed by atoms with E-state index in [1.54, 1.807) is 43.4 Å². The van der Waals surface area contributed by atoms with Gasteiger partial charge in [-0.3, -0.25) is 9.36 Å². The molecular weight excluding hydrogens is 328 g/mol. The molecule has 0 saturated heterocycles. The Morgan fingerprint density at radius 3 is 2.62 bits per heavy atom. The fraction of sp³-hybridized carbons (Fsp3) is 0.312. The van der Waals surface area contributed by atoms with Crippen LogP contribution in [0.5, 0.6) is 11.5 Å². The highest BCUT2D eigenvalue weighted by Gasteiger charge is 2.11. The zero-order chi connectivity index (χ0) is 17.1. The molecule has 0 fully saturated rings. The Morgan fingerprint density at radius 2 is 1.96 bits per heavy atom. The first-order valence-electron chi connectivity index (χ1n) is 7.48. The lowest BCUT2D eigenvalue weighted by Gasteiger charge is -2.11. The van der Waals surface area contributed by atoms with Gasteiger partial charge >= 0.3 is 0 Å². The molecular formula is C16H18N4O3S. The SMILES string of the molecule is COc1cc2[nH]c(=S)n(CCCn3ccnc3)c(=O)c2cc1OC. The molecule has 0 atom stereocenters. The van der Waals surface area contributed by atoms with Gasteiger partial charge in [-0.15, -0.1) is 0 Å². The number of benzene rings is 1. The van der Waals surface area contributed by atoms with E-state index < -0.39 is 0 Å². The van der Waals surface area contributed by atoms with Crippen LogP contribution >= 0.6 is 12.2 Å². The largest absolute Gasteiger partial charge is 0.493 e. The maximum absolute atomic E-state index is 12.8. The van der Waals surface area contributed by atoms with Crippen molar-refractivity contribution in [2.75, 3.05) is 14.2 Å². The Bertz CT molecular complexity index is 960. The summed E-state index contributed by atoms with van der Waals surface area (Å²) in [5.74, 6) is 1.06. The number of H-pyrrole nitrogens is 1. The molecule has 0 saturated carbocycles. The van der Waals surface area contributed by atoms with Gasteiger partial charge in [-0.05, 0) is 24.7 Å². The van der Waals surface area contributed by atoms with Gasteiger partial charge < -0.3 is 19.0 Å².